The van der Waals surface area contributed by atoms with Crippen LogP contribution in [0.3, 0.4) is 0 Å². The van der Waals surface area contributed by atoms with Crippen molar-refractivity contribution in [3.8, 4) is 11.1 Å². The minimum atomic E-state index is -4.18. The Hall–Kier alpha value is -3.66. The molecule has 5 rings (SSSR count). The molecule has 0 radical (unpaired) electrons. The summed E-state index contributed by atoms with van der Waals surface area (Å²) in [5.74, 6) is -7.70. The van der Waals surface area contributed by atoms with E-state index in [1.807, 2.05) is 36.4 Å². The van der Waals surface area contributed by atoms with Gasteiger partial charge in [0.25, 0.3) is 0 Å². The Morgan fingerprint density at radius 2 is 1.62 bits per heavy atom. The number of hydrogen-bond donors (Lipinski definition) is 2. The number of hydrogen-bond acceptors (Lipinski definition) is 4. The van der Waals surface area contributed by atoms with Crippen molar-refractivity contribution in [3.63, 3.8) is 0 Å². The molecule has 1 aliphatic rings. The average molecular weight is 586 g/mol. The van der Waals surface area contributed by atoms with Gasteiger partial charge >= 0.3 is 17.8 Å². The van der Waals surface area contributed by atoms with Gasteiger partial charge in [-0.25, -0.2) is 5.01 Å². The van der Waals surface area contributed by atoms with Crippen LogP contribution in [-0.2, 0) is 9.59 Å². The van der Waals surface area contributed by atoms with Crippen LogP contribution in [0.25, 0.3) is 22.0 Å². The Morgan fingerprint density at radius 1 is 1.00 bits per heavy atom. The van der Waals surface area contributed by atoms with Crippen molar-refractivity contribution in [2.75, 3.05) is 0 Å². The molecule has 11 heteroatoms. The number of amides is 1. The van der Waals surface area contributed by atoms with Gasteiger partial charge in [-0.15, -0.1) is 0 Å². The molecule has 1 aliphatic heterocycles. The third kappa shape index (κ3) is 5.30. The first-order chi connectivity index (χ1) is 18.5. The van der Waals surface area contributed by atoms with Crippen molar-refractivity contribution in [1.82, 2.24) is 9.99 Å². The SMILES string of the molecule is O=C(O)CC(F)(F)C(=O)N1N=C(c2c(-c3ccc(Cl)cc3)c3ccccc3[nH]c2=S)CC1c1ccc(Cl)cc1. The van der Waals surface area contributed by atoms with Gasteiger partial charge in [0.1, 0.15) is 11.1 Å². The first-order valence-corrected chi connectivity index (χ1v) is 12.9. The summed E-state index contributed by atoms with van der Waals surface area (Å²) >= 11 is 17.9. The molecule has 2 N–H and O–H groups in total. The van der Waals surface area contributed by atoms with Crippen LogP contribution in [0.5, 0.6) is 0 Å². The topological polar surface area (TPSA) is 85.8 Å². The fraction of sp³-hybridized carbons (Fsp3) is 0.143. The van der Waals surface area contributed by atoms with Crippen molar-refractivity contribution >= 4 is 63.9 Å². The molecule has 1 amide bonds. The highest BCUT2D eigenvalue weighted by Gasteiger charge is 2.48. The van der Waals surface area contributed by atoms with Gasteiger partial charge in [-0.1, -0.05) is 77.9 Å². The number of hydrazone groups is 1. The van der Waals surface area contributed by atoms with E-state index in [0.717, 1.165) is 16.5 Å². The molecule has 6 nitrogen and oxygen atoms in total. The number of nitrogens with zero attached hydrogens (tertiary/aromatic N) is 2. The second kappa shape index (κ2) is 10.5. The van der Waals surface area contributed by atoms with Crippen molar-refractivity contribution in [3.05, 3.63) is 98.6 Å². The van der Waals surface area contributed by atoms with E-state index in [1.165, 1.54) is 0 Å². The van der Waals surface area contributed by atoms with E-state index in [2.05, 4.69) is 10.1 Å². The molecule has 0 saturated carbocycles. The number of para-hydroxylation sites is 1. The Kier molecular flexibility index (Phi) is 7.24. The van der Waals surface area contributed by atoms with Gasteiger partial charge in [-0.2, -0.15) is 13.9 Å². The number of pyridine rings is 1. The van der Waals surface area contributed by atoms with E-state index in [4.69, 9.17) is 40.5 Å². The fourth-order valence-corrected chi connectivity index (χ4v) is 5.24. The molecule has 1 atom stereocenters. The molecule has 0 aliphatic carbocycles. The van der Waals surface area contributed by atoms with Crippen molar-refractivity contribution in [2.24, 2.45) is 5.10 Å². The molecule has 3 aromatic carbocycles. The quantitative estimate of drug-likeness (QED) is 0.227. The summed E-state index contributed by atoms with van der Waals surface area (Å²) in [4.78, 5) is 27.3. The van der Waals surface area contributed by atoms with E-state index in [-0.39, 0.29) is 6.42 Å². The Bertz CT molecular complexity index is 1690. The minimum Gasteiger partial charge on any atom is -0.481 e. The van der Waals surface area contributed by atoms with Crippen LogP contribution in [0.15, 0.2) is 77.9 Å². The molecule has 1 aromatic heterocycles. The van der Waals surface area contributed by atoms with Gasteiger partial charge < -0.3 is 10.1 Å². The molecule has 4 aromatic rings. The van der Waals surface area contributed by atoms with Gasteiger partial charge in [0.2, 0.25) is 0 Å². The number of carbonyl (C=O) groups excluding carboxylic acids is 1. The van der Waals surface area contributed by atoms with Crippen molar-refractivity contribution < 1.29 is 23.5 Å². The number of carboxylic acids is 1. The summed E-state index contributed by atoms with van der Waals surface area (Å²) in [6.45, 7) is 0. The molecule has 1 unspecified atom stereocenters. The number of aromatic amines is 1. The standard InChI is InChI=1S/C28H19Cl2F2N3O3S/c29-17-9-5-15(6-10-17)22-13-21(34-35(22)27(38)28(31,32)14-23(36)37)25-24(16-7-11-18(30)12-8-16)19-3-1-2-4-20(19)33-26(25)39/h1-12,22H,13-14H2,(H,33,39)(H,36,37). The van der Waals surface area contributed by atoms with E-state index in [0.29, 0.717) is 42.1 Å². The molecular weight excluding hydrogens is 567 g/mol. The number of benzene rings is 3. The van der Waals surface area contributed by atoms with E-state index in [1.54, 1.807) is 36.4 Å². The number of aliphatic carboxylic acids is 1. The van der Waals surface area contributed by atoms with E-state index in [9.17, 15) is 18.4 Å². The van der Waals surface area contributed by atoms with Gasteiger partial charge in [-0.05, 0) is 41.5 Å². The van der Waals surface area contributed by atoms with Crippen LogP contribution in [0.4, 0.5) is 8.78 Å². The Labute approximate surface area is 236 Å². The number of carboxylic acid groups (broad SMARTS) is 1. The van der Waals surface area contributed by atoms with Gasteiger partial charge in [-0.3, -0.25) is 9.59 Å². The second-order valence-corrected chi connectivity index (χ2v) is 10.3. The molecule has 0 saturated heterocycles. The highest BCUT2D eigenvalue weighted by Crippen LogP contribution is 2.40. The van der Waals surface area contributed by atoms with Crippen LogP contribution in [-0.4, -0.2) is 38.6 Å². The molecule has 0 fully saturated rings. The zero-order valence-corrected chi connectivity index (χ0v) is 22.3. The van der Waals surface area contributed by atoms with Gasteiger partial charge in [0, 0.05) is 38.5 Å². The van der Waals surface area contributed by atoms with E-state index < -0.39 is 30.3 Å². The minimum absolute atomic E-state index is 0.0485. The number of H-pyrrole nitrogens is 1. The van der Waals surface area contributed by atoms with Crippen LogP contribution >= 0.6 is 35.4 Å². The molecule has 0 bridgehead atoms. The highest BCUT2D eigenvalue weighted by atomic mass is 35.5. The lowest BCUT2D eigenvalue weighted by atomic mass is 9.91. The highest BCUT2D eigenvalue weighted by molar-refractivity contribution is 7.71. The van der Waals surface area contributed by atoms with Crippen molar-refractivity contribution in [2.45, 2.75) is 24.8 Å². The maximum absolute atomic E-state index is 14.8. The van der Waals surface area contributed by atoms with Crippen LogP contribution in [0.2, 0.25) is 10.0 Å². The average Bonchev–Trinajstić information content (AvgIpc) is 3.32. The van der Waals surface area contributed by atoms with Crippen LogP contribution < -0.4 is 0 Å². The van der Waals surface area contributed by atoms with Crippen molar-refractivity contribution in [1.29, 1.82) is 0 Å². The summed E-state index contributed by atoms with van der Waals surface area (Å²) in [7, 11) is 0. The number of fused-ring (bicyclic) bond motifs is 1. The summed E-state index contributed by atoms with van der Waals surface area (Å²) in [6.07, 6.45) is -1.61. The summed E-state index contributed by atoms with van der Waals surface area (Å²) in [6, 6.07) is 20.0. The maximum Gasteiger partial charge on any atom is 0.337 e. The zero-order chi connectivity index (χ0) is 27.9. The Morgan fingerprint density at radius 3 is 2.26 bits per heavy atom. The van der Waals surface area contributed by atoms with Crippen LogP contribution in [0, 0.1) is 4.64 Å². The number of halogens is 4. The third-order valence-electron chi connectivity index (χ3n) is 6.40. The summed E-state index contributed by atoms with van der Waals surface area (Å²) < 4.78 is 29.8. The Balaban J connectivity index is 1.72. The number of aromatic nitrogens is 1. The zero-order valence-electron chi connectivity index (χ0n) is 20.0. The first kappa shape index (κ1) is 26.9. The predicted octanol–water partition coefficient (Wildman–Crippen LogP) is 7.66. The monoisotopic (exact) mass is 585 g/mol. The normalized spacial score (nSPS) is 15.4. The lowest BCUT2D eigenvalue weighted by Crippen LogP contribution is -2.42. The molecule has 2 heterocycles. The number of rotatable bonds is 6. The predicted molar refractivity (Wildman–Crippen MR) is 149 cm³/mol. The molecule has 198 valence electrons. The maximum atomic E-state index is 14.8. The number of alkyl halides is 2. The molecule has 39 heavy (non-hydrogen) atoms. The third-order valence-corrected chi connectivity index (χ3v) is 7.21. The lowest BCUT2D eigenvalue weighted by Gasteiger charge is -2.25. The first-order valence-electron chi connectivity index (χ1n) is 11.7. The number of carbonyl (C=O) groups is 2. The summed E-state index contributed by atoms with van der Waals surface area (Å²) in [5, 5.41) is 15.8. The largest absolute Gasteiger partial charge is 0.481 e. The molecule has 0 spiro atoms. The lowest BCUT2D eigenvalue weighted by molar-refractivity contribution is -0.167. The second-order valence-electron chi connectivity index (χ2n) is 9.00. The molecular formula is C28H19Cl2F2N3O3S. The summed E-state index contributed by atoms with van der Waals surface area (Å²) in [5.41, 5.74) is 3.49. The fourth-order valence-electron chi connectivity index (χ4n) is 4.66. The van der Waals surface area contributed by atoms with Gasteiger partial charge in [0.15, 0.2) is 0 Å². The van der Waals surface area contributed by atoms with E-state index >= 15 is 0 Å². The van der Waals surface area contributed by atoms with Gasteiger partial charge in [0.05, 0.1) is 11.8 Å². The smallest absolute Gasteiger partial charge is 0.337 e. The van der Waals surface area contributed by atoms with Crippen LogP contribution in [0.1, 0.15) is 30.0 Å². The number of nitrogens with one attached hydrogen (secondary N) is 1.